The Balaban J connectivity index is 1.42. The predicted molar refractivity (Wildman–Crippen MR) is 153 cm³/mol. The summed E-state index contributed by atoms with van der Waals surface area (Å²) in [7, 11) is 0. The number of tetrazole rings is 1. The molecule has 0 radical (unpaired) electrons. The summed E-state index contributed by atoms with van der Waals surface area (Å²) in [5.74, 6) is 1.91. The minimum atomic E-state index is -4.96. The first-order chi connectivity index (χ1) is 20.9. The van der Waals surface area contributed by atoms with Crippen LogP contribution in [-0.2, 0) is 25.4 Å². The zero-order valence-corrected chi connectivity index (χ0v) is 24.0. The van der Waals surface area contributed by atoms with Crippen molar-refractivity contribution < 1.29 is 26.3 Å². The van der Waals surface area contributed by atoms with Crippen LogP contribution in [0.5, 0.6) is 0 Å². The van der Waals surface area contributed by atoms with E-state index in [1.807, 2.05) is 43.3 Å². The van der Waals surface area contributed by atoms with Crippen molar-refractivity contribution in [1.29, 1.82) is 0 Å². The fraction of sp³-hybridized carbons (Fsp3) is 0.419. The van der Waals surface area contributed by atoms with E-state index in [2.05, 4.69) is 25.5 Å². The minimum absolute atomic E-state index is 0.0441. The van der Waals surface area contributed by atoms with Gasteiger partial charge in [0.15, 0.2) is 0 Å². The summed E-state index contributed by atoms with van der Waals surface area (Å²) in [5, 5.41) is 14.0. The summed E-state index contributed by atoms with van der Waals surface area (Å²) >= 11 is 0. The van der Waals surface area contributed by atoms with Crippen molar-refractivity contribution >= 4 is 11.8 Å². The molecular weight excluding hydrogens is 584 g/mol. The predicted octanol–water partition coefficient (Wildman–Crippen LogP) is 7.44. The van der Waals surface area contributed by atoms with Crippen LogP contribution in [0.1, 0.15) is 53.5 Å². The van der Waals surface area contributed by atoms with Gasteiger partial charge >= 0.3 is 12.4 Å². The molecule has 44 heavy (non-hydrogen) atoms. The molecule has 1 N–H and O–H groups in total. The molecule has 2 aliphatic carbocycles. The van der Waals surface area contributed by atoms with E-state index in [-0.39, 0.29) is 30.7 Å². The van der Waals surface area contributed by atoms with Crippen LogP contribution in [0.2, 0.25) is 0 Å². The highest BCUT2D eigenvalue weighted by molar-refractivity contribution is 5.67. The summed E-state index contributed by atoms with van der Waals surface area (Å²) in [5.41, 5.74) is 0.503. The van der Waals surface area contributed by atoms with Gasteiger partial charge in [-0.15, -0.1) is 5.10 Å². The van der Waals surface area contributed by atoms with Gasteiger partial charge in [-0.05, 0) is 85.0 Å². The van der Waals surface area contributed by atoms with Gasteiger partial charge in [0, 0.05) is 37.3 Å². The number of benzene rings is 2. The van der Waals surface area contributed by atoms with E-state index in [9.17, 15) is 26.3 Å². The Morgan fingerprint density at radius 1 is 0.795 bits per heavy atom. The minimum Gasteiger partial charge on any atom is -0.356 e. The molecule has 0 unspecified atom stereocenters. The third-order valence-corrected chi connectivity index (χ3v) is 7.97. The van der Waals surface area contributed by atoms with Gasteiger partial charge in [0.05, 0.1) is 16.8 Å². The average Bonchev–Trinajstić information content (AvgIpc) is 3.91. The molecule has 2 fully saturated rings. The number of pyridine rings is 1. The lowest BCUT2D eigenvalue weighted by Gasteiger charge is -2.30. The first-order valence-corrected chi connectivity index (χ1v) is 14.5. The number of nitrogens with zero attached hydrogens (tertiary/aromatic N) is 6. The highest BCUT2D eigenvalue weighted by Crippen LogP contribution is 2.39. The smallest absolute Gasteiger partial charge is 0.356 e. The van der Waals surface area contributed by atoms with Crippen LogP contribution in [0.4, 0.5) is 38.1 Å². The van der Waals surface area contributed by atoms with Gasteiger partial charge in [0.1, 0.15) is 5.82 Å². The number of anilines is 2. The quantitative estimate of drug-likeness (QED) is 0.177. The van der Waals surface area contributed by atoms with Crippen LogP contribution >= 0.6 is 0 Å². The number of alkyl halides is 6. The van der Waals surface area contributed by atoms with Crippen molar-refractivity contribution in [2.24, 2.45) is 11.8 Å². The molecule has 0 aliphatic heterocycles. The highest BCUT2D eigenvalue weighted by atomic mass is 19.4. The molecule has 2 aromatic heterocycles. The normalized spacial score (nSPS) is 15.4. The molecule has 2 heterocycles. The molecule has 7 nitrogen and oxygen atoms in total. The molecule has 0 bridgehead atoms. The number of aromatic amines is 1. The molecule has 0 spiro atoms. The largest absolute Gasteiger partial charge is 0.416 e. The van der Waals surface area contributed by atoms with Gasteiger partial charge in [0.25, 0.3) is 5.95 Å². The molecule has 13 heteroatoms. The summed E-state index contributed by atoms with van der Waals surface area (Å²) in [4.78, 5) is 9.00. The van der Waals surface area contributed by atoms with E-state index in [0.29, 0.717) is 11.8 Å². The lowest BCUT2D eigenvalue weighted by Crippen LogP contribution is -2.32. The first-order valence-electron chi connectivity index (χ1n) is 14.5. The second kappa shape index (κ2) is 11.7. The Hall–Kier alpha value is -4.16. The van der Waals surface area contributed by atoms with Crippen molar-refractivity contribution in [3.8, 4) is 11.3 Å². The Bertz CT molecular complexity index is 1530. The van der Waals surface area contributed by atoms with E-state index >= 15 is 0 Å². The number of halogens is 6. The van der Waals surface area contributed by atoms with Gasteiger partial charge in [0.2, 0.25) is 0 Å². The number of hydrogen-bond donors (Lipinski definition) is 1. The van der Waals surface area contributed by atoms with Crippen molar-refractivity contribution in [3.63, 3.8) is 0 Å². The van der Waals surface area contributed by atoms with Gasteiger partial charge in [-0.3, -0.25) is 0 Å². The maximum absolute atomic E-state index is 13.6. The maximum atomic E-state index is 13.6. The van der Waals surface area contributed by atoms with E-state index in [4.69, 9.17) is 4.98 Å². The molecule has 0 saturated heterocycles. The molecule has 232 valence electrons. The fourth-order valence-electron chi connectivity index (χ4n) is 5.43. The number of rotatable bonds is 11. The van der Waals surface area contributed by atoms with Crippen LogP contribution in [-0.4, -0.2) is 38.7 Å². The van der Waals surface area contributed by atoms with Crippen molar-refractivity contribution in [1.82, 2.24) is 25.6 Å². The van der Waals surface area contributed by atoms with Crippen LogP contribution in [0.15, 0.2) is 54.6 Å². The topological polar surface area (TPSA) is 73.8 Å². The van der Waals surface area contributed by atoms with Crippen molar-refractivity contribution in [2.45, 2.75) is 58.0 Å². The number of H-pyrrole nitrogens is 1. The molecule has 0 atom stereocenters. The zero-order valence-electron chi connectivity index (χ0n) is 24.0. The van der Waals surface area contributed by atoms with E-state index < -0.39 is 23.5 Å². The van der Waals surface area contributed by atoms with E-state index in [1.165, 1.54) is 4.90 Å². The monoisotopic (exact) mass is 615 g/mol. The van der Waals surface area contributed by atoms with Crippen molar-refractivity contribution in [3.05, 3.63) is 82.4 Å². The van der Waals surface area contributed by atoms with Gasteiger partial charge in [-0.1, -0.05) is 35.4 Å². The Morgan fingerprint density at radius 2 is 1.41 bits per heavy atom. The Kier molecular flexibility index (Phi) is 7.97. The molecule has 4 aromatic rings. The molecule has 0 amide bonds. The Morgan fingerprint density at radius 3 is 1.93 bits per heavy atom. The fourth-order valence-corrected chi connectivity index (χ4v) is 5.43. The van der Waals surface area contributed by atoms with Crippen LogP contribution < -0.4 is 9.80 Å². The first kappa shape index (κ1) is 29.9. The molecule has 2 saturated carbocycles. The summed E-state index contributed by atoms with van der Waals surface area (Å²) in [6.07, 6.45) is -5.36. The third kappa shape index (κ3) is 7.13. The maximum Gasteiger partial charge on any atom is 0.416 e. The third-order valence-electron chi connectivity index (χ3n) is 7.97. The Labute approximate surface area is 250 Å². The molecule has 6 rings (SSSR count). The second-order valence-electron chi connectivity index (χ2n) is 11.8. The lowest BCUT2D eigenvalue weighted by atomic mass is 10.0. The summed E-state index contributed by atoms with van der Waals surface area (Å²) < 4.78 is 81.9. The summed E-state index contributed by atoms with van der Waals surface area (Å²) in [6.45, 7) is 3.37. The van der Waals surface area contributed by atoms with E-state index in [1.54, 1.807) is 0 Å². The standard InChI is InChI=1S/C31H31F6N7/c1-19-11-24(28(38-27(19)23-5-3-2-4-6-23)43(15-20-7-8-20)16-21-9-10-21)18-44(29-39-41-42-40-29)17-22-12-25(30(32,33)34)14-26(13-22)31(35,36)37/h2-6,11-14,20-21H,7-10,15-18H2,1H3,(H,39,40,41,42). The van der Waals surface area contributed by atoms with Crippen molar-refractivity contribution in [2.75, 3.05) is 22.9 Å². The van der Waals surface area contributed by atoms with Gasteiger partial charge < -0.3 is 9.80 Å². The number of hydrogen-bond acceptors (Lipinski definition) is 6. The molecule has 2 aromatic carbocycles. The molecular formula is C31H31F6N7. The van der Waals surface area contributed by atoms with Gasteiger partial charge in [-0.2, -0.15) is 31.6 Å². The SMILES string of the molecule is Cc1cc(CN(Cc2cc(C(F)(F)F)cc(C(F)(F)F)c2)c2nn[nH]n2)c(N(CC2CC2)CC2CC2)nc1-c1ccccc1. The number of aryl methyl sites for hydroxylation is 1. The highest BCUT2D eigenvalue weighted by Gasteiger charge is 2.37. The average molecular weight is 616 g/mol. The van der Waals surface area contributed by atoms with Crippen LogP contribution in [0.3, 0.4) is 0 Å². The zero-order chi connectivity index (χ0) is 31.1. The number of aromatic nitrogens is 5. The lowest BCUT2D eigenvalue weighted by molar-refractivity contribution is -0.143. The molecule has 2 aliphatic rings. The van der Waals surface area contributed by atoms with Crippen LogP contribution in [0.25, 0.3) is 11.3 Å². The number of nitrogens with one attached hydrogen (secondary N) is 1. The summed E-state index contributed by atoms with van der Waals surface area (Å²) in [6, 6.07) is 13.4. The van der Waals surface area contributed by atoms with Crippen LogP contribution in [0, 0.1) is 18.8 Å². The van der Waals surface area contributed by atoms with Gasteiger partial charge in [-0.25, -0.2) is 4.98 Å². The second-order valence-corrected chi connectivity index (χ2v) is 11.8. The van der Waals surface area contributed by atoms with E-state index in [0.717, 1.165) is 79.1 Å².